The molecule has 0 N–H and O–H groups in total. The molecule has 0 spiro atoms. The van der Waals surface area contributed by atoms with Crippen LogP contribution in [0, 0.1) is 0 Å². The highest BCUT2D eigenvalue weighted by Gasteiger charge is 1.70. The first kappa shape index (κ1) is 6.08. The van der Waals surface area contributed by atoms with E-state index in [1.165, 1.54) is 12.2 Å². The van der Waals surface area contributed by atoms with Crippen LogP contribution in [0.5, 0.6) is 0 Å². The Morgan fingerprint density at radius 3 is 2.40 bits per heavy atom. The fourth-order valence-electron chi connectivity index (χ4n) is 0.0772. The molecule has 0 saturated heterocycles. The Morgan fingerprint density at radius 1 is 1.80 bits per heavy atom. The monoisotopic (exact) mass is 202 g/mol. The van der Waals surface area contributed by atoms with Crippen molar-refractivity contribution in [1.29, 1.82) is 0 Å². The highest BCUT2D eigenvalue weighted by atomic mass is 127. The van der Waals surface area contributed by atoms with Crippen LogP contribution >= 0.6 is 30.1 Å². The average molecular weight is 202 g/mol. The van der Waals surface area contributed by atoms with Gasteiger partial charge in [-0.2, -0.15) is 0 Å². The fraction of sp³-hybridized carbons (Fsp3) is 1.00. The number of halogens is 1. The summed E-state index contributed by atoms with van der Waals surface area (Å²) < 4.78 is 0. The molecule has 32 valence electrons. The molecule has 0 aliphatic rings. The van der Waals surface area contributed by atoms with Crippen molar-refractivity contribution in [1.82, 2.24) is 0 Å². The Balaban J connectivity index is 2.19. The minimum Gasteiger partial charge on any atom is -0.0894 e. The standard InChI is InChI=1S/C3H7IS/c1-2-3-5-4/h2-3H2,1H3. The van der Waals surface area contributed by atoms with Crippen LogP contribution < -0.4 is 0 Å². The summed E-state index contributed by atoms with van der Waals surface area (Å²) in [6.45, 7) is 2.19. The second-order valence-electron chi connectivity index (χ2n) is 0.813. The van der Waals surface area contributed by atoms with E-state index in [2.05, 4.69) is 28.1 Å². The summed E-state index contributed by atoms with van der Waals surface area (Å²) in [6.07, 6.45) is 1.30. The van der Waals surface area contributed by atoms with Gasteiger partial charge in [0.1, 0.15) is 0 Å². The summed E-state index contributed by atoms with van der Waals surface area (Å²) in [6, 6.07) is 0. The van der Waals surface area contributed by atoms with Crippen LogP contribution in [0.4, 0.5) is 0 Å². The van der Waals surface area contributed by atoms with Crippen LogP contribution in [0.3, 0.4) is 0 Å². The maximum Gasteiger partial charge on any atom is 0.00308 e. The SMILES string of the molecule is CCCSI. The Hall–Kier alpha value is 1.08. The van der Waals surface area contributed by atoms with Gasteiger partial charge in [0.25, 0.3) is 0 Å². The molecule has 0 aromatic carbocycles. The largest absolute Gasteiger partial charge is 0.0894 e. The average Bonchev–Trinajstić information content (AvgIpc) is 1.41. The summed E-state index contributed by atoms with van der Waals surface area (Å²) in [5.74, 6) is 1.29. The van der Waals surface area contributed by atoms with E-state index in [-0.39, 0.29) is 0 Å². The van der Waals surface area contributed by atoms with Gasteiger partial charge in [-0.25, -0.2) is 0 Å². The van der Waals surface area contributed by atoms with E-state index < -0.39 is 0 Å². The quantitative estimate of drug-likeness (QED) is 0.620. The first-order valence-corrected chi connectivity index (χ1v) is 5.18. The first-order valence-electron chi connectivity index (χ1n) is 1.65. The van der Waals surface area contributed by atoms with Crippen molar-refractivity contribution in [3.8, 4) is 0 Å². The van der Waals surface area contributed by atoms with Crippen LogP contribution in [-0.2, 0) is 0 Å². The molecule has 0 heterocycles. The van der Waals surface area contributed by atoms with Gasteiger partial charge in [0, 0.05) is 5.75 Å². The zero-order valence-corrected chi connectivity index (χ0v) is 6.17. The van der Waals surface area contributed by atoms with Gasteiger partial charge in [0.2, 0.25) is 0 Å². The fourth-order valence-corrected chi connectivity index (χ4v) is 1.55. The number of hydrogen-bond donors (Lipinski definition) is 0. The molecule has 0 saturated carbocycles. The van der Waals surface area contributed by atoms with Gasteiger partial charge in [-0.05, 0) is 27.6 Å². The molecule has 0 atom stereocenters. The van der Waals surface area contributed by atoms with E-state index in [0.717, 1.165) is 0 Å². The van der Waals surface area contributed by atoms with Gasteiger partial charge in [-0.15, -0.1) is 0 Å². The lowest BCUT2D eigenvalue weighted by atomic mass is 10.6. The molecule has 0 nitrogen and oxygen atoms in total. The second-order valence-corrected chi connectivity index (χ2v) is 3.31. The lowest BCUT2D eigenvalue weighted by molar-refractivity contribution is 1.11. The molecule has 0 rings (SSSR count). The van der Waals surface area contributed by atoms with Gasteiger partial charge in [0.15, 0.2) is 0 Å². The summed E-state index contributed by atoms with van der Waals surface area (Å²) in [5.41, 5.74) is 0. The highest BCUT2D eigenvalue weighted by Crippen LogP contribution is 2.10. The van der Waals surface area contributed by atoms with Crippen molar-refractivity contribution < 1.29 is 0 Å². The van der Waals surface area contributed by atoms with Gasteiger partial charge in [-0.1, -0.05) is 15.9 Å². The van der Waals surface area contributed by atoms with E-state index in [9.17, 15) is 0 Å². The van der Waals surface area contributed by atoms with E-state index in [4.69, 9.17) is 0 Å². The van der Waals surface area contributed by atoms with Crippen molar-refractivity contribution >= 4 is 30.1 Å². The molecule has 0 amide bonds. The van der Waals surface area contributed by atoms with Crippen LogP contribution in [0.1, 0.15) is 13.3 Å². The second kappa shape index (κ2) is 5.08. The maximum absolute atomic E-state index is 2.30. The maximum atomic E-state index is 2.30. The van der Waals surface area contributed by atoms with Crippen molar-refractivity contribution in [2.45, 2.75) is 13.3 Å². The Labute approximate surface area is 49.3 Å². The molecule has 0 bridgehead atoms. The molecule has 0 unspecified atom stereocenters. The number of hydrogen-bond acceptors (Lipinski definition) is 1. The molecular formula is C3H7IS. The van der Waals surface area contributed by atoms with Crippen molar-refractivity contribution in [3.05, 3.63) is 0 Å². The van der Waals surface area contributed by atoms with E-state index in [0.29, 0.717) is 0 Å². The van der Waals surface area contributed by atoms with Crippen LogP contribution in [0.25, 0.3) is 0 Å². The Morgan fingerprint density at radius 2 is 2.40 bits per heavy atom. The molecule has 0 aliphatic heterocycles. The van der Waals surface area contributed by atoms with Crippen molar-refractivity contribution in [2.24, 2.45) is 0 Å². The molecule has 0 fully saturated rings. The summed E-state index contributed by atoms with van der Waals surface area (Å²) >= 11 is 2.30. The molecule has 5 heavy (non-hydrogen) atoms. The van der Waals surface area contributed by atoms with Gasteiger partial charge in [0.05, 0.1) is 0 Å². The Bertz CT molecular complexity index is 14.4. The minimum absolute atomic E-state index is 1.29. The summed E-state index contributed by atoms with van der Waals surface area (Å²) in [4.78, 5) is 0. The summed E-state index contributed by atoms with van der Waals surface area (Å²) in [7, 11) is 1.87. The normalized spacial score (nSPS) is 8.40. The van der Waals surface area contributed by atoms with E-state index in [1.54, 1.807) is 0 Å². The molecule has 0 aliphatic carbocycles. The molecule has 0 aromatic heterocycles. The van der Waals surface area contributed by atoms with Crippen LogP contribution in [0.15, 0.2) is 0 Å². The lowest BCUT2D eigenvalue weighted by Crippen LogP contribution is -1.60. The highest BCUT2D eigenvalue weighted by molar-refractivity contribution is 14.2. The molecular weight excluding hydrogens is 195 g/mol. The van der Waals surface area contributed by atoms with Crippen LogP contribution in [-0.4, -0.2) is 5.75 Å². The zero-order valence-electron chi connectivity index (χ0n) is 3.20. The smallest absolute Gasteiger partial charge is 0.00308 e. The molecule has 0 radical (unpaired) electrons. The van der Waals surface area contributed by atoms with E-state index in [1.807, 2.05) is 8.93 Å². The predicted octanol–water partition coefficient (Wildman–Crippen LogP) is 2.48. The Kier molecular flexibility index (Phi) is 6.18. The lowest BCUT2D eigenvalue weighted by Gasteiger charge is -1.77. The molecule has 0 aromatic rings. The predicted molar refractivity (Wildman–Crippen MR) is 36.8 cm³/mol. The van der Waals surface area contributed by atoms with Crippen LogP contribution in [0.2, 0.25) is 0 Å². The third kappa shape index (κ3) is 5.08. The minimum atomic E-state index is 1.29. The van der Waals surface area contributed by atoms with E-state index >= 15 is 0 Å². The third-order valence-electron chi connectivity index (χ3n) is 0.281. The topological polar surface area (TPSA) is 0 Å². The molecule has 2 heteroatoms. The third-order valence-corrected chi connectivity index (χ3v) is 2.17. The van der Waals surface area contributed by atoms with Crippen molar-refractivity contribution in [2.75, 3.05) is 5.75 Å². The van der Waals surface area contributed by atoms with Gasteiger partial charge >= 0.3 is 0 Å². The van der Waals surface area contributed by atoms with Gasteiger partial charge in [-0.3, -0.25) is 0 Å². The first-order chi connectivity index (χ1) is 2.41. The number of rotatable bonds is 2. The zero-order chi connectivity index (χ0) is 4.12. The van der Waals surface area contributed by atoms with Gasteiger partial charge < -0.3 is 0 Å². The van der Waals surface area contributed by atoms with Crippen molar-refractivity contribution in [3.63, 3.8) is 0 Å². The summed E-state index contributed by atoms with van der Waals surface area (Å²) in [5, 5.41) is 0.